The molecule has 0 unspecified atom stereocenters. The van der Waals surface area contributed by atoms with Gasteiger partial charge in [-0.2, -0.15) is 0 Å². The molecule has 0 N–H and O–H groups in total. The Hall–Kier alpha value is -2.13. The number of benzene rings is 2. The summed E-state index contributed by atoms with van der Waals surface area (Å²) in [5, 5.41) is 0. The lowest BCUT2D eigenvalue weighted by molar-refractivity contribution is -0.107. The number of allylic oxidation sites excluding steroid dienone is 3. The highest BCUT2D eigenvalue weighted by molar-refractivity contribution is 7.98. The Kier molecular flexibility index (Phi) is 5.00. The molecule has 0 spiro atoms. The van der Waals surface area contributed by atoms with E-state index in [0.717, 1.165) is 39.7 Å². The van der Waals surface area contributed by atoms with Gasteiger partial charge in [-0.1, -0.05) is 18.2 Å². The van der Waals surface area contributed by atoms with E-state index in [4.69, 9.17) is 0 Å². The van der Waals surface area contributed by atoms with Crippen LogP contribution in [-0.2, 0) is 4.79 Å². The molecule has 0 fully saturated rings. The number of carbonyl (C=O) groups is 1. The highest BCUT2D eigenvalue weighted by Gasteiger charge is 2.23. The second kappa shape index (κ2) is 7.18. The maximum Gasteiger partial charge on any atom is 0.123 e. The molecule has 0 bridgehead atoms. The van der Waals surface area contributed by atoms with E-state index in [-0.39, 0.29) is 5.82 Å². The molecule has 0 atom stereocenters. The molecule has 0 aromatic heterocycles. The van der Waals surface area contributed by atoms with Crippen molar-refractivity contribution < 1.29 is 9.18 Å². The number of rotatable bonds is 5. The van der Waals surface area contributed by atoms with Crippen LogP contribution in [0.2, 0.25) is 0 Å². The molecule has 3 heteroatoms. The van der Waals surface area contributed by atoms with Gasteiger partial charge in [-0.3, -0.25) is 0 Å². The first-order valence-corrected chi connectivity index (χ1v) is 9.16. The van der Waals surface area contributed by atoms with Gasteiger partial charge in [0.1, 0.15) is 12.1 Å². The summed E-state index contributed by atoms with van der Waals surface area (Å²) >= 11 is 1.72. The van der Waals surface area contributed by atoms with Crippen LogP contribution in [0.3, 0.4) is 0 Å². The summed E-state index contributed by atoms with van der Waals surface area (Å²) in [5.74, 6) is -0.240. The van der Waals surface area contributed by atoms with Crippen LogP contribution in [0.15, 0.2) is 52.9 Å². The second-order valence-electron chi connectivity index (χ2n) is 5.83. The minimum atomic E-state index is -0.240. The van der Waals surface area contributed by atoms with Crippen molar-refractivity contribution >= 4 is 35.3 Å². The molecule has 1 aliphatic rings. The van der Waals surface area contributed by atoms with Crippen LogP contribution in [0.25, 0.3) is 17.2 Å². The molecule has 24 heavy (non-hydrogen) atoms. The summed E-state index contributed by atoms with van der Waals surface area (Å²) in [4.78, 5) is 12.0. The Balaban J connectivity index is 2.07. The Morgan fingerprint density at radius 1 is 1.08 bits per heavy atom. The van der Waals surface area contributed by atoms with Gasteiger partial charge in [-0.15, -0.1) is 11.8 Å². The smallest absolute Gasteiger partial charge is 0.123 e. The average molecular weight is 338 g/mol. The fraction of sp³-hybridized carbons (Fsp3) is 0.190. The van der Waals surface area contributed by atoms with E-state index in [1.54, 1.807) is 17.8 Å². The summed E-state index contributed by atoms with van der Waals surface area (Å²) in [6.07, 6.45) is 6.22. The Morgan fingerprint density at radius 3 is 2.50 bits per heavy atom. The van der Waals surface area contributed by atoms with Crippen LogP contribution >= 0.6 is 11.8 Å². The number of thioether (sulfide) groups is 1. The zero-order chi connectivity index (χ0) is 17.1. The van der Waals surface area contributed by atoms with Crippen molar-refractivity contribution in [1.82, 2.24) is 0 Å². The molecule has 1 nitrogen and oxygen atoms in total. The summed E-state index contributed by atoms with van der Waals surface area (Å²) in [6.45, 7) is 2.06. The molecule has 2 aromatic carbocycles. The largest absolute Gasteiger partial charge is 0.303 e. The zero-order valence-electron chi connectivity index (χ0n) is 13.8. The number of hydrogen-bond acceptors (Lipinski definition) is 2. The quantitative estimate of drug-likeness (QED) is 0.502. The Morgan fingerprint density at radius 2 is 1.83 bits per heavy atom. The molecular weight excluding hydrogens is 319 g/mol. The number of carbonyl (C=O) groups excluding carboxylic acids is 1. The first-order chi connectivity index (χ1) is 11.6. The van der Waals surface area contributed by atoms with Gasteiger partial charge >= 0.3 is 0 Å². The molecule has 0 saturated heterocycles. The lowest BCUT2D eigenvalue weighted by Gasteiger charge is -2.05. The van der Waals surface area contributed by atoms with E-state index in [9.17, 15) is 9.18 Å². The van der Waals surface area contributed by atoms with E-state index in [0.29, 0.717) is 12.8 Å². The van der Waals surface area contributed by atoms with Gasteiger partial charge in [0.25, 0.3) is 0 Å². The van der Waals surface area contributed by atoms with Gasteiger partial charge in [-0.05, 0) is 83.4 Å². The summed E-state index contributed by atoms with van der Waals surface area (Å²) in [5.41, 5.74) is 6.40. The van der Waals surface area contributed by atoms with E-state index in [2.05, 4.69) is 43.5 Å². The molecule has 0 saturated carbocycles. The fourth-order valence-corrected chi connectivity index (χ4v) is 3.55. The lowest BCUT2D eigenvalue weighted by atomic mass is 10.0. The van der Waals surface area contributed by atoms with Crippen molar-refractivity contribution in [3.8, 4) is 0 Å². The Labute approximate surface area is 146 Å². The van der Waals surface area contributed by atoms with Gasteiger partial charge in [-0.25, -0.2) is 4.39 Å². The normalized spacial score (nSPS) is 15.0. The molecule has 2 aromatic rings. The highest BCUT2D eigenvalue weighted by atomic mass is 32.2. The average Bonchev–Trinajstić information content (AvgIpc) is 2.85. The van der Waals surface area contributed by atoms with Crippen LogP contribution in [0.5, 0.6) is 0 Å². The maximum atomic E-state index is 13.7. The van der Waals surface area contributed by atoms with Crippen molar-refractivity contribution in [1.29, 1.82) is 0 Å². The van der Waals surface area contributed by atoms with Crippen molar-refractivity contribution in [2.45, 2.75) is 24.7 Å². The first kappa shape index (κ1) is 16.7. The zero-order valence-corrected chi connectivity index (χ0v) is 14.6. The highest BCUT2D eigenvalue weighted by Crippen LogP contribution is 2.44. The van der Waals surface area contributed by atoms with Gasteiger partial charge in [0.2, 0.25) is 0 Å². The van der Waals surface area contributed by atoms with E-state index >= 15 is 0 Å². The molecule has 3 rings (SSSR count). The second-order valence-corrected chi connectivity index (χ2v) is 6.71. The van der Waals surface area contributed by atoms with Gasteiger partial charge < -0.3 is 4.79 Å². The van der Waals surface area contributed by atoms with Crippen LogP contribution < -0.4 is 0 Å². The van der Waals surface area contributed by atoms with Gasteiger partial charge in [0, 0.05) is 11.3 Å². The summed E-state index contributed by atoms with van der Waals surface area (Å²) in [7, 11) is 0. The van der Waals surface area contributed by atoms with Crippen LogP contribution in [0.1, 0.15) is 36.5 Å². The summed E-state index contributed by atoms with van der Waals surface area (Å²) in [6, 6.07) is 13.3. The third-order valence-electron chi connectivity index (χ3n) is 4.39. The van der Waals surface area contributed by atoms with Gasteiger partial charge in [0.05, 0.1) is 0 Å². The molecule has 0 aliphatic heterocycles. The number of halogens is 1. The minimum absolute atomic E-state index is 0.240. The number of aldehydes is 1. The van der Waals surface area contributed by atoms with Crippen molar-refractivity contribution in [2.75, 3.05) is 6.26 Å². The van der Waals surface area contributed by atoms with Crippen molar-refractivity contribution in [2.24, 2.45) is 0 Å². The Bertz CT molecular complexity index is 831. The molecule has 0 heterocycles. The van der Waals surface area contributed by atoms with Gasteiger partial charge in [0.15, 0.2) is 0 Å². The molecular formula is C21H19FOS. The SMILES string of the molecule is CSc1ccc(/C=C2/C(C)=C(CCC=O)c3cc(F)ccc32)cc1. The standard InChI is InChI=1S/C21H19FOS/c1-14-18(4-3-11-23)21-13-16(22)7-10-19(21)20(14)12-15-5-8-17(24-2)9-6-15/h5-13H,3-4H2,1-2H3/b20-12-. The topological polar surface area (TPSA) is 17.1 Å². The van der Waals surface area contributed by atoms with Crippen molar-refractivity contribution in [3.05, 3.63) is 70.5 Å². The van der Waals surface area contributed by atoms with E-state index in [1.165, 1.54) is 11.0 Å². The molecule has 122 valence electrons. The summed E-state index contributed by atoms with van der Waals surface area (Å²) < 4.78 is 13.7. The predicted octanol–water partition coefficient (Wildman–Crippen LogP) is 5.85. The molecule has 1 aliphatic carbocycles. The number of hydrogen-bond donors (Lipinski definition) is 0. The number of fused-ring (bicyclic) bond motifs is 1. The monoisotopic (exact) mass is 338 g/mol. The maximum absolute atomic E-state index is 13.7. The van der Waals surface area contributed by atoms with E-state index in [1.807, 2.05) is 6.07 Å². The molecule has 0 amide bonds. The third kappa shape index (κ3) is 3.22. The van der Waals surface area contributed by atoms with Crippen LogP contribution in [0.4, 0.5) is 4.39 Å². The van der Waals surface area contributed by atoms with Crippen molar-refractivity contribution in [3.63, 3.8) is 0 Å². The predicted molar refractivity (Wildman–Crippen MR) is 100 cm³/mol. The van der Waals surface area contributed by atoms with E-state index < -0.39 is 0 Å². The van der Waals surface area contributed by atoms with Crippen LogP contribution in [-0.4, -0.2) is 12.5 Å². The fourth-order valence-electron chi connectivity index (χ4n) is 3.15. The lowest BCUT2D eigenvalue weighted by Crippen LogP contribution is -1.88. The van der Waals surface area contributed by atoms with Crippen LogP contribution in [0, 0.1) is 5.82 Å². The molecule has 0 radical (unpaired) electrons. The third-order valence-corrected chi connectivity index (χ3v) is 5.14. The first-order valence-electron chi connectivity index (χ1n) is 7.94. The minimum Gasteiger partial charge on any atom is -0.303 e.